The Bertz CT molecular complexity index is 1900. The second-order valence-electron chi connectivity index (χ2n) is 11.1. The van der Waals surface area contributed by atoms with Crippen LogP contribution in [0.15, 0.2) is 91.0 Å². The fourth-order valence-electron chi connectivity index (χ4n) is 6.54. The minimum atomic E-state index is -0.142. The summed E-state index contributed by atoms with van der Waals surface area (Å²) < 4.78 is 0. The predicted octanol–water partition coefficient (Wildman–Crippen LogP) is 10.2. The lowest BCUT2D eigenvalue weighted by Gasteiger charge is -2.22. The standard InChI is InChI=1S/C36H27NS/c1-21-15-22(2)17-24(16-21)34-28-11-7-5-9-26(28)33(27-10-6-8-12-29(27)34)23-13-14-30-31(18-23)36(3,4)32-19-25(20-37)38-35(30)32/h5-19H,1-4H3. The summed E-state index contributed by atoms with van der Waals surface area (Å²) in [6.45, 7) is 8.93. The van der Waals surface area contributed by atoms with Crippen LogP contribution < -0.4 is 0 Å². The summed E-state index contributed by atoms with van der Waals surface area (Å²) in [7, 11) is 0. The lowest BCUT2D eigenvalue weighted by Crippen LogP contribution is -2.14. The maximum absolute atomic E-state index is 9.50. The minimum absolute atomic E-state index is 0.142. The van der Waals surface area contributed by atoms with Crippen molar-refractivity contribution in [1.29, 1.82) is 5.26 Å². The van der Waals surface area contributed by atoms with Gasteiger partial charge in [-0.3, -0.25) is 0 Å². The number of nitrogens with zero attached hydrogens (tertiary/aromatic N) is 1. The molecule has 2 heteroatoms. The third-order valence-corrected chi connectivity index (χ3v) is 9.26. The third-order valence-electron chi connectivity index (χ3n) is 8.18. The molecular formula is C36H27NS. The van der Waals surface area contributed by atoms with E-state index in [1.807, 2.05) is 0 Å². The predicted molar refractivity (Wildman–Crippen MR) is 162 cm³/mol. The highest BCUT2D eigenvalue weighted by Crippen LogP contribution is 2.54. The first kappa shape index (κ1) is 23.0. The van der Waals surface area contributed by atoms with Crippen molar-refractivity contribution in [3.8, 4) is 38.8 Å². The Balaban J connectivity index is 1.55. The molecule has 0 amide bonds. The Hall–Kier alpha value is -4.19. The number of benzene rings is 5. The molecule has 0 spiro atoms. The number of hydrogen-bond acceptors (Lipinski definition) is 2. The molecule has 1 aliphatic rings. The van der Waals surface area contributed by atoms with Gasteiger partial charge in [-0.05, 0) is 86.5 Å². The van der Waals surface area contributed by atoms with Gasteiger partial charge in [0.2, 0.25) is 0 Å². The summed E-state index contributed by atoms with van der Waals surface area (Å²) >= 11 is 1.61. The first-order valence-electron chi connectivity index (χ1n) is 13.1. The molecule has 0 N–H and O–H groups in total. The smallest absolute Gasteiger partial charge is 0.110 e. The Morgan fingerprint density at radius 2 is 1.18 bits per heavy atom. The minimum Gasteiger partial charge on any atom is -0.192 e. The van der Waals surface area contributed by atoms with Crippen LogP contribution in [0.4, 0.5) is 0 Å². The zero-order valence-corrected chi connectivity index (χ0v) is 22.8. The Morgan fingerprint density at radius 1 is 0.632 bits per heavy atom. The van der Waals surface area contributed by atoms with Gasteiger partial charge in [0.15, 0.2) is 0 Å². The highest BCUT2D eigenvalue weighted by molar-refractivity contribution is 7.16. The molecule has 0 saturated carbocycles. The van der Waals surface area contributed by atoms with Gasteiger partial charge in [0, 0.05) is 10.3 Å². The molecule has 1 aliphatic carbocycles. The lowest BCUT2D eigenvalue weighted by molar-refractivity contribution is 0.662. The van der Waals surface area contributed by atoms with E-state index in [2.05, 4.69) is 125 Å². The summed E-state index contributed by atoms with van der Waals surface area (Å²) in [6, 6.07) is 36.0. The highest BCUT2D eigenvalue weighted by atomic mass is 32.1. The van der Waals surface area contributed by atoms with Crippen molar-refractivity contribution in [2.75, 3.05) is 0 Å². The molecule has 0 unspecified atom stereocenters. The summed E-state index contributed by atoms with van der Waals surface area (Å²) in [4.78, 5) is 2.03. The fourth-order valence-corrected chi connectivity index (χ4v) is 7.69. The summed E-state index contributed by atoms with van der Waals surface area (Å²) in [5, 5.41) is 14.6. The second-order valence-corrected chi connectivity index (χ2v) is 12.1. The van der Waals surface area contributed by atoms with Crippen LogP contribution in [0.25, 0.3) is 54.2 Å². The van der Waals surface area contributed by atoms with Crippen molar-refractivity contribution in [3.05, 3.63) is 118 Å². The normalized spacial score (nSPS) is 13.4. The maximum Gasteiger partial charge on any atom is 0.110 e. The molecule has 0 saturated heterocycles. The zero-order valence-electron chi connectivity index (χ0n) is 22.0. The summed E-state index contributed by atoms with van der Waals surface area (Å²) in [5.41, 5.74) is 11.4. The van der Waals surface area contributed by atoms with E-state index < -0.39 is 0 Å². The SMILES string of the molecule is Cc1cc(C)cc(-c2c3ccccc3c(-c3ccc4c(c3)C(C)(C)c3cc(C#N)sc3-4)c3ccccc23)c1. The molecule has 0 fully saturated rings. The van der Waals surface area contributed by atoms with E-state index in [9.17, 15) is 5.26 Å². The number of nitriles is 1. The monoisotopic (exact) mass is 505 g/mol. The van der Waals surface area contributed by atoms with E-state index >= 15 is 0 Å². The van der Waals surface area contributed by atoms with Gasteiger partial charge < -0.3 is 0 Å². The third kappa shape index (κ3) is 3.22. The summed E-state index contributed by atoms with van der Waals surface area (Å²) in [5.74, 6) is 0. The number of rotatable bonds is 2. The Kier molecular flexibility index (Phi) is 4.93. The average molecular weight is 506 g/mol. The molecule has 7 rings (SSSR count). The average Bonchev–Trinajstić information content (AvgIpc) is 3.43. The van der Waals surface area contributed by atoms with E-state index in [1.54, 1.807) is 11.3 Å². The van der Waals surface area contributed by atoms with Crippen molar-refractivity contribution < 1.29 is 0 Å². The van der Waals surface area contributed by atoms with Gasteiger partial charge in [0.25, 0.3) is 0 Å². The summed E-state index contributed by atoms with van der Waals surface area (Å²) in [6.07, 6.45) is 0. The lowest BCUT2D eigenvalue weighted by atomic mass is 9.80. The van der Waals surface area contributed by atoms with Crippen LogP contribution in [0.1, 0.15) is 41.0 Å². The van der Waals surface area contributed by atoms with Crippen molar-refractivity contribution >= 4 is 32.9 Å². The molecule has 0 radical (unpaired) electrons. The van der Waals surface area contributed by atoms with E-state index in [0.717, 1.165) is 4.88 Å². The van der Waals surface area contributed by atoms with Crippen LogP contribution in [0.2, 0.25) is 0 Å². The van der Waals surface area contributed by atoms with Gasteiger partial charge in [0.1, 0.15) is 10.9 Å². The van der Waals surface area contributed by atoms with Crippen molar-refractivity contribution in [2.45, 2.75) is 33.1 Å². The van der Waals surface area contributed by atoms with Crippen LogP contribution >= 0.6 is 11.3 Å². The maximum atomic E-state index is 9.50. The molecule has 1 heterocycles. The molecule has 0 aliphatic heterocycles. The Labute approximate surface area is 227 Å². The number of thiophene rings is 1. The highest BCUT2D eigenvalue weighted by Gasteiger charge is 2.37. The number of fused-ring (bicyclic) bond motifs is 5. The molecule has 1 nitrogen and oxygen atoms in total. The van der Waals surface area contributed by atoms with Crippen molar-refractivity contribution in [3.63, 3.8) is 0 Å². The van der Waals surface area contributed by atoms with E-state index in [4.69, 9.17) is 0 Å². The molecule has 0 bridgehead atoms. The van der Waals surface area contributed by atoms with E-state index in [0.29, 0.717) is 0 Å². The molecule has 5 aromatic carbocycles. The zero-order chi connectivity index (χ0) is 26.2. The van der Waals surface area contributed by atoms with Gasteiger partial charge in [-0.2, -0.15) is 5.26 Å². The largest absolute Gasteiger partial charge is 0.192 e. The quantitative estimate of drug-likeness (QED) is 0.215. The van der Waals surface area contributed by atoms with E-state index in [-0.39, 0.29) is 5.41 Å². The van der Waals surface area contributed by atoms with Gasteiger partial charge in [-0.25, -0.2) is 0 Å². The molecule has 0 atom stereocenters. The molecule has 182 valence electrons. The second kappa shape index (κ2) is 8.15. The van der Waals surface area contributed by atoms with Gasteiger partial charge >= 0.3 is 0 Å². The Morgan fingerprint density at radius 3 is 1.74 bits per heavy atom. The van der Waals surface area contributed by atoms with Gasteiger partial charge in [0.05, 0.1) is 0 Å². The van der Waals surface area contributed by atoms with Crippen LogP contribution in [-0.4, -0.2) is 0 Å². The van der Waals surface area contributed by atoms with Crippen molar-refractivity contribution in [1.82, 2.24) is 0 Å². The van der Waals surface area contributed by atoms with Gasteiger partial charge in [-0.1, -0.05) is 104 Å². The fraction of sp³-hybridized carbons (Fsp3) is 0.139. The molecular weight excluding hydrogens is 478 g/mol. The number of aryl methyl sites for hydroxylation is 2. The van der Waals surface area contributed by atoms with Crippen LogP contribution in [0.5, 0.6) is 0 Å². The van der Waals surface area contributed by atoms with Crippen LogP contribution in [0.3, 0.4) is 0 Å². The van der Waals surface area contributed by atoms with Crippen molar-refractivity contribution in [2.24, 2.45) is 0 Å². The van der Waals surface area contributed by atoms with E-state index in [1.165, 1.54) is 76.5 Å². The number of hydrogen-bond donors (Lipinski definition) is 0. The molecule has 38 heavy (non-hydrogen) atoms. The first-order chi connectivity index (χ1) is 18.4. The topological polar surface area (TPSA) is 23.8 Å². The van der Waals surface area contributed by atoms with Crippen LogP contribution in [0, 0.1) is 25.2 Å². The first-order valence-corrected chi connectivity index (χ1v) is 13.9. The van der Waals surface area contributed by atoms with Gasteiger partial charge in [-0.15, -0.1) is 11.3 Å². The van der Waals surface area contributed by atoms with Crippen LogP contribution in [-0.2, 0) is 5.41 Å². The molecule has 6 aromatic rings. The molecule has 1 aromatic heterocycles.